The SMILES string of the molecule is C[C@@H](CN1CC(C)(C)c2cc(F)ccc21)NC(=O)CCC(C)(C)C(N)=O. The summed E-state index contributed by atoms with van der Waals surface area (Å²) in [5.41, 5.74) is 6.54. The zero-order chi connectivity index (χ0) is 19.7. The summed E-state index contributed by atoms with van der Waals surface area (Å²) in [7, 11) is 0. The lowest BCUT2D eigenvalue weighted by molar-refractivity contribution is -0.127. The molecule has 0 aliphatic carbocycles. The highest BCUT2D eigenvalue weighted by atomic mass is 19.1. The summed E-state index contributed by atoms with van der Waals surface area (Å²) in [6.07, 6.45) is 0.674. The topological polar surface area (TPSA) is 75.4 Å². The molecule has 0 fully saturated rings. The maximum atomic E-state index is 13.6. The molecule has 1 aliphatic rings. The maximum Gasteiger partial charge on any atom is 0.223 e. The highest BCUT2D eigenvalue weighted by molar-refractivity contribution is 5.82. The second-order valence-corrected chi connectivity index (χ2v) is 8.64. The second-order valence-electron chi connectivity index (χ2n) is 8.64. The van der Waals surface area contributed by atoms with E-state index in [0.29, 0.717) is 13.0 Å². The molecule has 5 nitrogen and oxygen atoms in total. The molecule has 1 aliphatic heterocycles. The number of benzene rings is 1. The van der Waals surface area contributed by atoms with Gasteiger partial charge in [-0.05, 0) is 37.1 Å². The van der Waals surface area contributed by atoms with Crippen LogP contribution in [0.5, 0.6) is 0 Å². The van der Waals surface area contributed by atoms with Crippen LogP contribution in [0.25, 0.3) is 0 Å². The standard InChI is InChI=1S/C20H30FN3O2/c1-13(23-17(25)8-9-19(2,3)18(22)26)11-24-12-20(4,5)15-10-14(21)6-7-16(15)24/h6-7,10,13H,8-9,11-12H2,1-5H3,(H2,22,26)(H,23,25)/t13-/m0/s1. The van der Waals surface area contributed by atoms with E-state index < -0.39 is 11.3 Å². The molecule has 3 N–H and O–H groups in total. The van der Waals surface area contributed by atoms with Crippen LogP contribution in [0.4, 0.5) is 10.1 Å². The Bertz CT molecular complexity index is 700. The molecule has 0 aromatic heterocycles. The molecular weight excluding hydrogens is 333 g/mol. The second kappa shape index (κ2) is 7.25. The smallest absolute Gasteiger partial charge is 0.223 e. The predicted octanol–water partition coefficient (Wildman–Crippen LogP) is 2.72. The van der Waals surface area contributed by atoms with Gasteiger partial charge in [0, 0.05) is 42.1 Å². The van der Waals surface area contributed by atoms with Crippen LogP contribution in [0.2, 0.25) is 0 Å². The molecule has 2 rings (SSSR count). The third kappa shape index (κ3) is 4.54. The van der Waals surface area contributed by atoms with Crippen molar-refractivity contribution < 1.29 is 14.0 Å². The average Bonchev–Trinajstić information content (AvgIpc) is 2.75. The number of hydrogen-bond donors (Lipinski definition) is 2. The van der Waals surface area contributed by atoms with Gasteiger partial charge in [0.05, 0.1) is 0 Å². The molecule has 1 heterocycles. The van der Waals surface area contributed by atoms with Gasteiger partial charge in [0.1, 0.15) is 5.82 Å². The lowest BCUT2D eigenvalue weighted by Crippen LogP contribution is -2.43. The van der Waals surface area contributed by atoms with Crippen LogP contribution < -0.4 is 16.0 Å². The number of nitrogens with two attached hydrogens (primary N) is 1. The quantitative estimate of drug-likeness (QED) is 0.782. The summed E-state index contributed by atoms with van der Waals surface area (Å²) < 4.78 is 13.6. The Balaban J connectivity index is 1.94. The van der Waals surface area contributed by atoms with E-state index in [-0.39, 0.29) is 29.6 Å². The lowest BCUT2D eigenvalue weighted by Gasteiger charge is -2.26. The van der Waals surface area contributed by atoms with Crippen molar-refractivity contribution in [2.45, 2.75) is 58.9 Å². The molecule has 0 unspecified atom stereocenters. The Hall–Kier alpha value is -2.11. The molecular formula is C20H30FN3O2. The first kappa shape index (κ1) is 20.2. The number of nitrogens with zero attached hydrogens (tertiary/aromatic N) is 1. The van der Waals surface area contributed by atoms with E-state index in [4.69, 9.17) is 5.73 Å². The first-order valence-corrected chi connectivity index (χ1v) is 9.06. The first-order chi connectivity index (χ1) is 11.9. The summed E-state index contributed by atoms with van der Waals surface area (Å²) >= 11 is 0. The van der Waals surface area contributed by atoms with Crippen molar-refractivity contribution in [1.29, 1.82) is 0 Å². The number of halogens is 1. The number of carbonyl (C=O) groups is 2. The van der Waals surface area contributed by atoms with Crippen LogP contribution in [0.15, 0.2) is 18.2 Å². The zero-order valence-electron chi connectivity index (χ0n) is 16.4. The predicted molar refractivity (Wildman–Crippen MR) is 101 cm³/mol. The largest absolute Gasteiger partial charge is 0.369 e. The van der Waals surface area contributed by atoms with E-state index in [2.05, 4.69) is 24.1 Å². The van der Waals surface area contributed by atoms with Crippen LogP contribution >= 0.6 is 0 Å². The molecule has 0 spiro atoms. The molecule has 6 heteroatoms. The first-order valence-electron chi connectivity index (χ1n) is 9.06. The molecule has 144 valence electrons. The van der Waals surface area contributed by atoms with Gasteiger partial charge in [-0.3, -0.25) is 9.59 Å². The van der Waals surface area contributed by atoms with Gasteiger partial charge in [-0.1, -0.05) is 27.7 Å². The molecule has 1 atom stereocenters. The molecule has 0 saturated carbocycles. The van der Waals surface area contributed by atoms with Crippen LogP contribution in [-0.4, -0.2) is 30.9 Å². The number of rotatable bonds is 7. The molecule has 0 bridgehead atoms. The third-order valence-corrected chi connectivity index (χ3v) is 5.16. The van der Waals surface area contributed by atoms with E-state index in [1.165, 1.54) is 6.07 Å². The van der Waals surface area contributed by atoms with Gasteiger partial charge in [0.2, 0.25) is 11.8 Å². The van der Waals surface area contributed by atoms with Gasteiger partial charge in [0.15, 0.2) is 0 Å². The Morgan fingerprint density at radius 3 is 2.65 bits per heavy atom. The van der Waals surface area contributed by atoms with Gasteiger partial charge in [-0.2, -0.15) is 0 Å². The van der Waals surface area contributed by atoms with E-state index in [0.717, 1.165) is 17.8 Å². The molecule has 26 heavy (non-hydrogen) atoms. The maximum absolute atomic E-state index is 13.6. The Morgan fingerprint density at radius 2 is 2.04 bits per heavy atom. The van der Waals surface area contributed by atoms with Gasteiger partial charge >= 0.3 is 0 Å². The molecule has 0 saturated heterocycles. The summed E-state index contributed by atoms with van der Waals surface area (Å²) in [6.45, 7) is 11.1. The summed E-state index contributed by atoms with van der Waals surface area (Å²) in [5, 5.41) is 2.98. The van der Waals surface area contributed by atoms with Crippen molar-refractivity contribution in [3.63, 3.8) is 0 Å². The van der Waals surface area contributed by atoms with Crippen molar-refractivity contribution in [3.8, 4) is 0 Å². The number of hydrogen-bond acceptors (Lipinski definition) is 3. The Kier molecular flexibility index (Phi) is 5.64. The molecule has 0 radical (unpaired) electrons. The number of nitrogens with one attached hydrogen (secondary N) is 1. The monoisotopic (exact) mass is 363 g/mol. The van der Waals surface area contributed by atoms with E-state index in [9.17, 15) is 14.0 Å². The number of fused-ring (bicyclic) bond motifs is 1. The minimum atomic E-state index is -0.692. The average molecular weight is 363 g/mol. The zero-order valence-corrected chi connectivity index (χ0v) is 16.4. The number of carbonyl (C=O) groups excluding carboxylic acids is 2. The van der Waals surface area contributed by atoms with Crippen LogP contribution in [0.3, 0.4) is 0 Å². The van der Waals surface area contributed by atoms with Crippen LogP contribution in [0.1, 0.15) is 53.0 Å². The minimum Gasteiger partial charge on any atom is -0.369 e. The lowest BCUT2D eigenvalue weighted by atomic mass is 9.87. The third-order valence-electron chi connectivity index (χ3n) is 5.16. The molecule has 1 aromatic rings. The van der Waals surface area contributed by atoms with E-state index in [1.807, 2.05) is 13.0 Å². The fourth-order valence-electron chi connectivity index (χ4n) is 3.41. The van der Waals surface area contributed by atoms with Crippen molar-refractivity contribution in [2.75, 3.05) is 18.0 Å². The summed E-state index contributed by atoms with van der Waals surface area (Å²) in [6, 6.07) is 4.82. The summed E-state index contributed by atoms with van der Waals surface area (Å²) in [4.78, 5) is 25.7. The van der Waals surface area contributed by atoms with Crippen molar-refractivity contribution >= 4 is 17.5 Å². The van der Waals surface area contributed by atoms with Crippen molar-refractivity contribution in [2.24, 2.45) is 11.1 Å². The van der Waals surface area contributed by atoms with Crippen molar-refractivity contribution in [3.05, 3.63) is 29.6 Å². The fraction of sp³-hybridized carbons (Fsp3) is 0.600. The number of amides is 2. The van der Waals surface area contributed by atoms with E-state index in [1.54, 1.807) is 19.9 Å². The minimum absolute atomic E-state index is 0.0639. The number of primary amides is 1. The Morgan fingerprint density at radius 1 is 1.38 bits per heavy atom. The van der Waals surface area contributed by atoms with Gasteiger partial charge in [0.25, 0.3) is 0 Å². The highest BCUT2D eigenvalue weighted by Gasteiger charge is 2.35. The van der Waals surface area contributed by atoms with Gasteiger partial charge in [-0.15, -0.1) is 0 Å². The van der Waals surface area contributed by atoms with E-state index >= 15 is 0 Å². The fourth-order valence-corrected chi connectivity index (χ4v) is 3.41. The normalized spacial score (nSPS) is 16.9. The Labute approximate surface area is 155 Å². The molecule has 1 aromatic carbocycles. The highest BCUT2D eigenvalue weighted by Crippen LogP contribution is 2.40. The van der Waals surface area contributed by atoms with Gasteiger partial charge < -0.3 is 16.0 Å². The number of anilines is 1. The van der Waals surface area contributed by atoms with Crippen LogP contribution in [-0.2, 0) is 15.0 Å². The summed E-state index contributed by atoms with van der Waals surface area (Å²) in [5.74, 6) is -0.719. The van der Waals surface area contributed by atoms with Gasteiger partial charge in [-0.25, -0.2) is 4.39 Å². The molecule has 2 amide bonds. The van der Waals surface area contributed by atoms with Crippen LogP contribution in [0, 0.1) is 11.2 Å². The van der Waals surface area contributed by atoms with Crippen molar-refractivity contribution in [1.82, 2.24) is 5.32 Å².